The molecule has 65 heavy (non-hydrogen) atoms. The summed E-state index contributed by atoms with van der Waals surface area (Å²) in [6.45, 7) is 2.71. The van der Waals surface area contributed by atoms with Crippen molar-refractivity contribution in [3.63, 3.8) is 0 Å². The van der Waals surface area contributed by atoms with Crippen molar-refractivity contribution in [3.05, 3.63) is 196 Å². The summed E-state index contributed by atoms with van der Waals surface area (Å²) in [7, 11) is 4.08. The average molecular weight is 900 g/mol. The maximum atomic E-state index is 13.7. The SMILES string of the molecule is CCOc1ccc(Cc2cc(C3(O)OC(COCc4ccc(OC)cc4)(COCc4ccc(OC)cc4)[C@@H](OB=N)[C@H](OCc4ccccc4)C3OCc3ccccc3)ccc2Cl)cc1. The number of ether oxygens (including phenoxy) is 8. The molecule has 0 saturated carbocycles. The van der Waals surface area contributed by atoms with Crippen LogP contribution in [0.1, 0.15) is 45.9 Å². The number of benzene rings is 6. The van der Waals surface area contributed by atoms with Crippen molar-refractivity contribution in [2.45, 2.75) is 69.5 Å². The Labute approximate surface area is 386 Å². The van der Waals surface area contributed by atoms with Crippen LogP contribution >= 0.6 is 11.6 Å². The van der Waals surface area contributed by atoms with Crippen LogP contribution in [0.3, 0.4) is 0 Å². The second-order valence-corrected chi connectivity index (χ2v) is 16.2. The standard InChI is InChI=1S/C52H55BClNO10/c1-4-61-46-26-15-37(16-27-46)29-42-30-43(21-28-47(42)54)52(56)50(63-34-39-13-9-6-10-14-39)48(62-33-38-11-7-5-8-12-38)49(64-53-55)51(65-52,35-59-31-40-17-22-44(57-2)23-18-40)36-60-32-41-19-24-45(58-3)25-20-41/h5-28,30,48-50,55-56H,4,29,31-36H2,1-3H3/t48-,49-,50?,52?/m0/s1. The first kappa shape index (κ1) is 47.4. The molecule has 4 atom stereocenters. The Morgan fingerprint density at radius 3 is 1.65 bits per heavy atom. The number of nitrogens with one attached hydrogen (secondary N) is 1. The molecule has 11 nitrogen and oxygen atoms in total. The molecule has 0 bridgehead atoms. The maximum absolute atomic E-state index is 13.7. The molecule has 1 saturated heterocycles. The third kappa shape index (κ3) is 12.2. The van der Waals surface area contributed by atoms with Crippen LogP contribution in [0.25, 0.3) is 0 Å². The predicted molar refractivity (Wildman–Crippen MR) is 248 cm³/mol. The predicted octanol–water partition coefficient (Wildman–Crippen LogP) is 9.63. The number of rotatable bonds is 23. The molecule has 13 heteroatoms. The van der Waals surface area contributed by atoms with E-state index >= 15 is 0 Å². The first-order chi connectivity index (χ1) is 31.7. The van der Waals surface area contributed by atoms with Gasteiger partial charge >= 0.3 is 364 Å². The van der Waals surface area contributed by atoms with E-state index in [1.807, 2.05) is 146 Å². The molecule has 338 valence electrons. The third-order valence-electron chi connectivity index (χ3n) is 11.3. The number of methoxy groups -OCH3 is 2. The Hall–Kier alpha value is -5.57. The molecule has 0 spiro atoms. The summed E-state index contributed by atoms with van der Waals surface area (Å²) >= 11 is 6.94. The Kier molecular flexibility index (Phi) is 16.8. The van der Waals surface area contributed by atoms with Crippen LogP contribution < -0.4 is 14.2 Å². The second kappa shape index (κ2) is 23.1. The van der Waals surface area contributed by atoms with Gasteiger partial charge in [-0.1, -0.05) is 0 Å². The van der Waals surface area contributed by atoms with Gasteiger partial charge in [0.2, 0.25) is 0 Å². The van der Waals surface area contributed by atoms with Gasteiger partial charge in [-0.15, -0.1) is 0 Å². The third-order valence-corrected chi connectivity index (χ3v) is 11.6. The monoisotopic (exact) mass is 899 g/mol. The summed E-state index contributed by atoms with van der Waals surface area (Å²) in [4.78, 5) is 0. The molecule has 2 N–H and O–H groups in total. The van der Waals surface area contributed by atoms with Crippen molar-refractivity contribution in [1.82, 2.24) is 0 Å². The van der Waals surface area contributed by atoms with Gasteiger partial charge in [0.25, 0.3) is 0 Å². The van der Waals surface area contributed by atoms with Crippen molar-refractivity contribution < 1.29 is 47.7 Å². The molecular weight excluding hydrogens is 845 g/mol. The average Bonchev–Trinajstić information content (AvgIpc) is 3.34. The van der Waals surface area contributed by atoms with Gasteiger partial charge in [0.05, 0.1) is 6.61 Å². The Bertz CT molecular complexity index is 2320. The molecule has 0 aliphatic carbocycles. The topological polar surface area (TPSA) is 127 Å². The summed E-state index contributed by atoms with van der Waals surface area (Å²) in [6.07, 6.45) is -3.00. The van der Waals surface area contributed by atoms with E-state index in [1.54, 1.807) is 26.4 Å². The first-order valence-corrected chi connectivity index (χ1v) is 21.9. The van der Waals surface area contributed by atoms with E-state index in [-0.39, 0.29) is 39.6 Å². The van der Waals surface area contributed by atoms with Crippen molar-refractivity contribution in [1.29, 1.82) is 5.31 Å². The summed E-state index contributed by atoms with van der Waals surface area (Å²) < 4.78 is 56.8. The number of halogens is 1. The number of aliphatic hydroxyl groups is 1. The van der Waals surface area contributed by atoms with Gasteiger partial charge in [0, 0.05) is 0 Å². The van der Waals surface area contributed by atoms with E-state index in [4.69, 9.17) is 59.5 Å². The molecule has 0 aromatic heterocycles. The molecule has 1 aliphatic rings. The van der Waals surface area contributed by atoms with Gasteiger partial charge in [0.1, 0.15) is 5.75 Å². The summed E-state index contributed by atoms with van der Waals surface area (Å²) in [5.41, 5.74) is 3.92. The van der Waals surface area contributed by atoms with Crippen molar-refractivity contribution >= 4 is 18.9 Å². The normalized spacial score (nSPS) is 18.9. The summed E-state index contributed by atoms with van der Waals surface area (Å²) in [5, 5.41) is 22.5. The molecule has 6 aromatic rings. The number of hydrogen-bond acceptors (Lipinski definition) is 11. The van der Waals surface area contributed by atoms with Crippen molar-refractivity contribution in [3.8, 4) is 17.2 Å². The molecule has 1 heterocycles. The molecule has 6 aromatic carbocycles. The van der Waals surface area contributed by atoms with Gasteiger partial charge in [0.15, 0.2) is 0 Å². The van der Waals surface area contributed by atoms with E-state index < -0.39 is 29.7 Å². The Morgan fingerprint density at radius 2 is 1.12 bits per heavy atom. The van der Waals surface area contributed by atoms with Crippen LogP contribution in [0.2, 0.25) is 5.02 Å². The van der Waals surface area contributed by atoms with Crippen LogP contribution in [0, 0.1) is 5.31 Å². The summed E-state index contributed by atoms with van der Waals surface area (Å²) in [5.74, 6) is -0.0602. The minimum absolute atomic E-state index is 0.0846. The fourth-order valence-electron chi connectivity index (χ4n) is 7.93. The van der Waals surface area contributed by atoms with Crippen LogP contribution in [0.15, 0.2) is 152 Å². The number of hydrogen-bond donors (Lipinski definition) is 2. The van der Waals surface area contributed by atoms with E-state index in [1.165, 1.54) is 0 Å². The zero-order valence-corrected chi connectivity index (χ0v) is 37.7. The Balaban J connectivity index is 1.34. The van der Waals surface area contributed by atoms with E-state index in [0.29, 0.717) is 35.1 Å². The van der Waals surface area contributed by atoms with Gasteiger partial charge in [-0.25, -0.2) is 0 Å². The van der Waals surface area contributed by atoms with Gasteiger partial charge in [-0.3, -0.25) is 0 Å². The van der Waals surface area contributed by atoms with Crippen molar-refractivity contribution in [2.75, 3.05) is 34.0 Å². The molecule has 0 radical (unpaired) electrons. The van der Waals surface area contributed by atoms with E-state index in [9.17, 15) is 5.11 Å². The molecule has 2 unspecified atom stereocenters. The van der Waals surface area contributed by atoms with Crippen molar-refractivity contribution in [2.24, 2.45) is 0 Å². The van der Waals surface area contributed by atoms with Crippen LogP contribution in [-0.4, -0.2) is 70.3 Å². The molecule has 0 amide bonds. The first-order valence-electron chi connectivity index (χ1n) is 21.6. The fraction of sp³-hybridized carbons (Fsp3) is 0.308. The zero-order valence-electron chi connectivity index (χ0n) is 36.9. The molecule has 7 rings (SSSR count). The second-order valence-electron chi connectivity index (χ2n) is 15.8. The van der Waals surface area contributed by atoms with Gasteiger partial charge in [-0.05, 0) is 6.92 Å². The Morgan fingerprint density at radius 1 is 0.615 bits per heavy atom. The van der Waals surface area contributed by atoms with Gasteiger partial charge < -0.3 is 4.74 Å². The molecule has 1 aliphatic heterocycles. The molecular formula is C52H55BClNO10. The van der Waals surface area contributed by atoms with Crippen LogP contribution in [0.4, 0.5) is 0 Å². The van der Waals surface area contributed by atoms with Gasteiger partial charge in [-0.2, -0.15) is 0 Å². The van der Waals surface area contributed by atoms with Crippen LogP contribution in [0.5, 0.6) is 17.2 Å². The quantitative estimate of drug-likeness (QED) is 0.0601. The molecule has 1 fully saturated rings. The summed E-state index contributed by atoms with van der Waals surface area (Å²) in [6, 6.07) is 47.6. The van der Waals surface area contributed by atoms with E-state index in [0.717, 1.165) is 46.4 Å². The zero-order chi connectivity index (χ0) is 45.5. The minimum atomic E-state index is -2.25. The van der Waals surface area contributed by atoms with E-state index in [2.05, 4.69) is 0 Å². The fourth-order valence-corrected chi connectivity index (χ4v) is 8.11. The van der Waals surface area contributed by atoms with Crippen LogP contribution in [-0.2, 0) is 67.0 Å².